The number of hydrogen-bond acceptors (Lipinski definition) is 3. The molecule has 0 unspecified atom stereocenters. The van der Waals surface area contributed by atoms with Crippen molar-refractivity contribution in [2.75, 3.05) is 19.7 Å². The summed E-state index contributed by atoms with van der Waals surface area (Å²) in [5.41, 5.74) is -0.245. The summed E-state index contributed by atoms with van der Waals surface area (Å²) in [6, 6.07) is 0. The van der Waals surface area contributed by atoms with Gasteiger partial charge in [0.05, 0.1) is 13.2 Å². The van der Waals surface area contributed by atoms with E-state index in [4.69, 9.17) is 0 Å². The first-order valence-corrected chi connectivity index (χ1v) is 7.72. The maximum atomic E-state index is 11.8. The third-order valence-electron chi connectivity index (χ3n) is 4.65. The molecule has 20 heavy (non-hydrogen) atoms. The standard InChI is InChI=1S/C15H28N2O3/c1-3-15(4-2,11-18)10-17-13(19)9-16-14(20)12-7-5-6-8-12/h12,18H,3-11H2,1-2H3,(H,16,20)(H,17,19). The highest BCUT2D eigenvalue weighted by molar-refractivity contribution is 5.85. The second kappa shape index (κ2) is 8.25. The molecule has 1 aliphatic rings. The number of nitrogens with one attached hydrogen (secondary N) is 2. The van der Waals surface area contributed by atoms with E-state index in [9.17, 15) is 14.7 Å². The lowest BCUT2D eigenvalue weighted by molar-refractivity contribution is -0.128. The zero-order valence-corrected chi connectivity index (χ0v) is 12.7. The van der Waals surface area contributed by atoms with Crippen LogP contribution in [0.3, 0.4) is 0 Å². The number of aliphatic hydroxyl groups is 1. The second-order valence-corrected chi connectivity index (χ2v) is 5.84. The van der Waals surface area contributed by atoms with Crippen molar-refractivity contribution in [3.8, 4) is 0 Å². The van der Waals surface area contributed by atoms with E-state index in [1.807, 2.05) is 13.8 Å². The molecule has 0 aromatic carbocycles. The molecule has 1 saturated carbocycles. The van der Waals surface area contributed by atoms with Gasteiger partial charge in [0, 0.05) is 17.9 Å². The van der Waals surface area contributed by atoms with Crippen molar-refractivity contribution in [1.29, 1.82) is 0 Å². The minimum absolute atomic E-state index is 0.00273. The Morgan fingerprint density at radius 1 is 1.15 bits per heavy atom. The number of carbonyl (C=O) groups is 2. The maximum absolute atomic E-state index is 11.8. The van der Waals surface area contributed by atoms with E-state index in [0.29, 0.717) is 6.54 Å². The summed E-state index contributed by atoms with van der Waals surface area (Å²) in [7, 11) is 0. The lowest BCUT2D eigenvalue weighted by Gasteiger charge is -2.29. The van der Waals surface area contributed by atoms with Gasteiger partial charge >= 0.3 is 0 Å². The fourth-order valence-electron chi connectivity index (χ4n) is 2.63. The van der Waals surface area contributed by atoms with Gasteiger partial charge in [-0.15, -0.1) is 0 Å². The summed E-state index contributed by atoms with van der Waals surface area (Å²) in [5.74, 6) is -0.0984. The smallest absolute Gasteiger partial charge is 0.239 e. The summed E-state index contributed by atoms with van der Waals surface area (Å²) in [4.78, 5) is 23.5. The van der Waals surface area contributed by atoms with Gasteiger partial charge in [-0.3, -0.25) is 9.59 Å². The van der Waals surface area contributed by atoms with Crippen LogP contribution in [-0.4, -0.2) is 36.6 Å². The fraction of sp³-hybridized carbons (Fsp3) is 0.867. The minimum atomic E-state index is -0.245. The van der Waals surface area contributed by atoms with Gasteiger partial charge in [-0.1, -0.05) is 26.7 Å². The van der Waals surface area contributed by atoms with Gasteiger partial charge in [-0.25, -0.2) is 0 Å². The number of hydrogen-bond donors (Lipinski definition) is 3. The molecular weight excluding hydrogens is 256 g/mol. The van der Waals surface area contributed by atoms with Crippen LogP contribution in [0.1, 0.15) is 52.4 Å². The molecule has 0 aromatic heterocycles. The van der Waals surface area contributed by atoms with Crippen LogP contribution in [0, 0.1) is 11.3 Å². The van der Waals surface area contributed by atoms with Gasteiger partial charge in [-0.2, -0.15) is 0 Å². The van der Waals surface area contributed by atoms with Crippen LogP contribution in [-0.2, 0) is 9.59 Å². The quantitative estimate of drug-likeness (QED) is 0.627. The first kappa shape index (κ1) is 17.0. The molecule has 1 aliphatic carbocycles. The molecule has 116 valence electrons. The Kier molecular flexibility index (Phi) is 6.99. The predicted octanol–water partition coefficient (Wildman–Crippen LogP) is 1.21. The summed E-state index contributed by atoms with van der Waals surface area (Å²) in [5, 5.41) is 14.9. The Morgan fingerprint density at radius 3 is 2.25 bits per heavy atom. The number of aliphatic hydroxyl groups excluding tert-OH is 1. The van der Waals surface area contributed by atoms with Crippen molar-refractivity contribution >= 4 is 11.8 Å². The molecule has 1 fully saturated rings. The predicted molar refractivity (Wildman–Crippen MR) is 78.1 cm³/mol. The van der Waals surface area contributed by atoms with Gasteiger partial charge < -0.3 is 15.7 Å². The average Bonchev–Trinajstić information content (AvgIpc) is 3.01. The monoisotopic (exact) mass is 284 g/mol. The molecule has 5 heteroatoms. The minimum Gasteiger partial charge on any atom is -0.396 e. The maximum Gasteiger partial charge on any atom is 0.239 e. The first-order chi connectivity index (χ1) is 9.56. The van der Waals surface area contributed by atoms with Crippen molar-refractivity contribution < 1.29 is 14.7 Å². The summed E-state index contributed by atoms with van der Waals surface area (Å²) in [6.45, 7) is 4.56. The molecule has 0 radical (unpaired) electrons. The van der Waals surface area contributed by atoms with Gasteiger partial charge in [0.1, 0.15) is 0 Å². The molecule has 0 bridgehead atoms. The van der Waals surface area contributed by atoms with Gasteiger partial charge in [0.25, 0.3) is 0 Å². The van der Waals surface area contributed by atoms with Crippen molar-refractivity contribution in [3.63, 3.8) is 0 Å². The van der Waals surface area contributed by atoms with Crippen molar-refractivity contribution in [2.24, 2.45) is 11.3 Å². The highest BCUT2D eigenvalue weighted by Crippen LogP contribution is 2.25. The molecule has 5 nitrogen and oxygen atoms in total. The van der Waals surface area contributed by atoms with E-state index in [-0.39, 0.29) is 36.3 Å². The van der Waals surface area contributed by atoms with Crippen molar-refractivity contribution in [3.05, 3.63) is 0 Å². The zero-order valence-electron chi connectivity index (χ0n) is 12.7. The summed E-state index contributed by atoms with van der Waals surface area (Å²) < 4.78 is 0. The van der Waals surface area contributed by atoms with Crippen LogP contribution in [0.15, 0.2) is 0 Å². The Bertz CT molecular complexity index is 313. The molecule has 0 spiro atoms. The molecular formula is C15H28N2O3. The number of rotatable bonds is 8. The molecule has 3 N–H and O–H groups in total. The molecule has 0 aliphatic heterocycles. The molecule has 0 saturated heterocycles. The lowest BCUT2D eigenvalue weighted by atomic mass is 9.83. The number of amides is 2. The molecule has 0 atom stereocenters. The fourth-order valence-corrected chi connectivity index (χ4v) is 2.63. The van der Waals surface area contributed by atoms with Gasteiger partial charge in [0.2, 0.25) is 11.8 Å². The SMILES string of the molecule is CCC(CC)(CO)CNC(=O)CNC(=O)C1CCCC1. The summed E-state index contributed by atoms with van der Waals surface area (Å²) >= 11 is 0. The zero-order chi connectivity index (χ0) is 15.0. The van der Waals surface area contributed by atoms with Crippen molar-refractivity contribution in [1.82, 2.24) is 10.6 Å². The molecule has 2 amide bonds. The highest BCUT2D eigenvalue weighted by atomic mass is 16.3. The van der Waals surface area contributed by atoms with Crippen LogP contribution in [0.2, 0.25) is 0 Å². The number of carbonyl (C=O) groups excluding carboxylic acids is 2. The molecule has 0 aromatic rings. The first-order valence-electron chi connectivity index (χ1n) is 7.72. The van der Waals surface area contributed by atoms with Crippen LogP contribution < -0.4 is 10.6 Å². The Balaban J connectivity index is 2.27. The van der Waals surface area contributed by atoms with Gasteiger partial charge in [-0.05, 0) is 25.7 Å². The average molecular weight is 284 g/mol. The van der Waals surface area contributed by atoms with E-state index in [0.717, 1.165) is 38.5 Å². The van der Waals surface area contributed by atoms with Crippen LogP contribution in [0.4, 0.5) is 0 Å². The molecule has 0 heterocycles. The van der Waals surface area contributed by atoms with Crippen LogP contribution in [0.5, 0.6) is 0 Å². The van der Waals surface area contributed by atoms with E-state index in [1.54, 1.807) is 0 Å². The second-order valence-electron chi connectivity index (χ2n) is 5.84. The third-order valence-corrected chi connectivity index (χ3v) is 4.65. The van der Waals surface area contributed by atoms with E-state index < -0.39 is 0 Å². The van der Waals surface area contributed by atoms with E-state index >= 15 is 0 Å². The third kappa shape index (κ3) is 4.78. The lowest BCUT2D eigenvalue weighted by Crippen LogP contribution is -2.44. The highest BCUT2D eigenvalue weighted by Gasteiger charge is 2.26. The largest absolute Gasteiger partial charge is 0.396 e. The van der Waals surface area contributed by atoms with E-state index in [2.05, 4.69) is 10.6 Å². The molecule has 1 rings (SSSR count). The topological polar surface area (TPSA) is 78.4 Å². The van der Waals surface area contributed by atoms with Gasteiger partial charge in [0.15, 0.2) is 0 Å². The Labute approximate surface area is 121 Å². The van der Waals surface area contributed by atoms with Crippen LogP contribution >= 0.6 is 0 Å². The van der Waals surface area contributed by atoms with Crippen LogP contribution in [0.25, 0.3) is 0 Å². The van der Waals surface area contributed by atoms with Crippen molar-refractivity contribution in [2.45, 2.75) is 52.4 Å². The van der Waals surface area contributed by atoms with E-state index in [1.165, 1.54) is 0 Å². The Morgan fingerprint density at radius 2 is 1.75 bits per heavy atom. The normalized spacial score (nSPS) is 16.1. The Hall–Kier alpha value is -1.10. The summed E-state index contributed by atoms with van der Waals surface area (Å²) in [6.07, 6.45) is 5.72.